The number of methoxy groups -OCH3 is 1. The first-order valence-electron chi connectivity index (χ1n) is 9.42. The van der Waals surface area contributed by atoms with E-state index in [1.165, 1.54) is 30.2 Å². The predicted octanol–water partition coefficient (Wildman–Crippen LogP) is 2.33. The van der Waals surface area contributed by atoms with Gasteiger partial charge in [0.05, 0.1) is 23.4 Å². The van der Waals surface area contributed by atoms with Gasteiger partial charge in [0.25, 0.3) is 5.91 Å². The van der Waals surface area contributed by atoms with Crippen molar-refractivity contribution in [3.63, 3.8) is 0 Å². The van der Waals surface area contributed by atoms with E-state index in [2.05, 4.69) is 5.32 Å². The molecule has 9 heteroatoms. The van der Waals surface area contributed by atoms with Crippen molar-refractivity contribution < 1.29 is 28.7 Å². The normalized spacial score (nSPS) is 15.6. The number of nitrogens with zero attached hydrogens (tertiary/aromatic N) is 1. The monoisotopic (exact) mass is 424 g/mol. The van der Waals surface area contributed by atoms with Crippen molar-refractivity contribution >= 4 is 41.0 Å². The molecule has 1 heterocycles. The zero-order chi connectivity index (χ0) is 21.6. The van der Waals surface area contributed by atoms with Gasteiger partial charge in [0.2, 0.25) is 5.91 Å². The Morgan fingerprint density at radius 1 is 1.31 bits per heavy atom. The molecule has 2 amide bonds. The quantitative estimate of drug-likeness (QED) is 0.642. The summed E-state index contributed by atoms with van der Waals surface area (Å²) in [5.41, 5.74) is 0.610. The summed E-state index contributed by atoms with van der Waals surface area (Å²) >= 11 is 6.16. The molecule has 0 saturated carbocycles. The van der Waals surface area contributed by atoms with E-state index in [1.54, 1.807) is 0 Å². The molecule has 1 aromatic carbocycles. The average molecular weight is 425 g/mol. The number of rotatable bonds is 8. The largest absolute Gasteiger partial charge is 0.467 e. The first-order valence-corrected chi connectivity index (χ1v) is 9.80. The highest BCUT2D eigenvalue weighted by atomic mass is 35.5. The average Bonchev–Trinajstić information content (AvgIpc) is 3.15. The van der Waals surface area contributed by atoms with Crippen molar-refractivity contribution in [2.24, 2.45) is 5.92 Å². The van der Waals surface area contributed by atoms with Gasteiger partial charge in [-0.25, -0.2) is 9.59 Å². The van der Waals surface area contributed by atoms with Crippen LogP contribution in [0.3, 0.4) is 0 Å². The number of esters is 2. The Bertz CT molecular complexity index is 797. The fourth-order valence-electron chi connectivity index (χ4n) is 2.98. The lowest BCUT2D eigenvalue weighted by molar-refractivity contribution is -0.147. The zero-order valence-corrected chi connectivity index (χ0v) is 17.5. The summed E-state index contributed by atoms with van der Waals surface area (Å²) in [5, 5.41) is 2.88. The number of nitrogens with one attached hydrogen (secondary N) is 1. The minimum Gasteiger partial charge on any atom is -0.467 e. The Hall–Kier alpha value is -2.61. The number of hydrogen-bond donors (Lipinski definition) is 1. The number of benzene rings is 1. The van der Waals surface area contributed by atoms with Crippen LogP contribution >= 0.6 is 11.6 Å². The van der Waals surface area contributed by atoms with Gasteiger partial charge in [0.1, 0.15) is 6.04 Å². The molecule has 1 aliphatic heterocycles. The van der Waals surface area contributed by atoms with Crippen LogP contribution in [-0.4, -0.2) is 50.1 Å². The highest BCUT2D eigenvalue weighted by Crippen LogP contribution is 2.30. The molecular weight excluding hydrogens is 400 g/mol. The van der Waals surface area contributed by atoms with Gasteiger partial charge in [-0.1, -0.05) is 31.9 Å². The maximum atomic E-state index is 12.3. The molecular formula is C20H25ClN2O6. The highest BCUT2D eigenvalue weighted by Gasteiger charge is 2.27. The van der Waals surface area contributed by atoms with Crippen molar-refractivity contribution in [1.82, 2.24) is 5.32 Å². The van der Waals surface area contributed by atoms with E-state index < -0.39 is 30.5 Å². The van der Waals surface area contributed by atoms with E-state index in [1.807, 2.05) is 13.8 Å². The van der Waals surface area contributed by atoms with Crippen LogP contribution < -0.4 is 10.2 Å². The molecule has 1 fully saturated rings. The lowest BCUT2D eigenvalue weighted by Crippen LogP contribution is -2.47. The van der Waals surface area contributed by atoms with Crippen molar-refractivity contribution in [3.05, 3.63) is 28.8 Å². The molecule has 0 aromatic heterocycles. The second-order valence-corrected chi connectivity index (χ2v) is 7.25. The van der Waals surface area contributed by atoms with E-state index in [9.17, 15) is 19.2 Å². The van der Waals surface area contributed by atoms with E-state index in [0.29, 0.717) is 30.1 Å². The molecule has 0 spiro atoms. The molecule has 1 aliphatic rings. The first kappa shape index (κ1) is 22.7. The van der Waals surface area contributed by atoms with E-state index in [4.69, 9.17) is 21.1 Å². The first-order chi connectivity index (χ1) is 13.8. The van der Waals surface area contributed by atoms with Crippen molar-refractivity contribution in [2.45, 2.75) is 39.2 Å². The second kappa shape index (κ2) is 10.2. The summed E-state index contributed by atoms with van der Waals surface area (Å²) in [6.45, 7) is 3.67. The fraction of sp³-hybridized carbons (Fsp3) is 0.500. The number of hydrogen-bond acceptors (Lipinski definition) is 6. The maximum absolute atomic E-state index is 12.3. The van der Waals surface area contributed by atoms with Crippen LogP contribution in [0.5, 0.6) is 0 Å². The van der Waals surface area contributed by atoms with Crippen LogP contribution in [0.1, 0.15) is 43.5 Å². The van der Waals surface area contributed by atoms with Gasteiger partial charge in [0.15, 0.2) is 6.61 Å². The van der Waals surface area contributed by atoms with Crippen molar-refractivity contribution in [3.8, 4) is 0 Å². The van der Waals surface area contributed by atoms with Gasteiger partial charge in [-0.05, 0) is 30.5 Å². The molecule has 1 N–H and O–H groups in total. The standard InChI is InChI=1S/C20H25ClN2O6/c1-4-12(2)18(20(27)28-3)22-16(24)11-29-19(26)13-7-8-14(21)15(10-13)23-9-5-6-17(23)25/h7-8,10,12,18H,4-6,9,11H2,1-3H3,(H,22,24)/t12-,18-/m1/s1. The maximum Gasteiger partial charge on any atom is 0.338 e. The Morgan fingerprint density at radius 2 is 2.03 bits per heavy atom. The Morgan fingerprint density at radius 3 is 2.62 bits per heavy atom. The molecule has 0 bridgehead atoms. The molecule has 0 aliphatic carbocycles. The number of carbonyl (C=O) groups is 4. The van der Waals surface area contributed by atoms with Gasteiger partial charge >= 0.3 is 11.9 Å². The zero-order valence-electron chi connectivity index (χ0n) is 16.7. The van der Waals surface area contributed by atoms with Crippen LogP contribution in [-0.2, 0) is 23.9 Å². The number of anilines is 1. The van der Waals surface area contributed by atoms with Crippen LogP contribution in [0.2, 0.25) is 5.02 Å². The number of amides is 2. The van der Waals surface area contributed by atoms with E-state index in [-0.39, 0.29) is 17.4 Å². The van der Waals surface area contributed by atoms with E-state index in [0.717, 1.165) is 6.42 Å². The minimum atomic E-state index is -0.820. The van der Waals surface area contributed by atoms with Crippen LogP contribution in [0, 0.1) is 5.92 Å². The molecule has 0 radical (unpaired) electrons. The van der Waals surface area contributed by atoms with Crippen molar-refractivity contribution in [1.29, 1.82) is 0 Å². The van der Waals surface area contributed by atoms with Gasteiger partial charge in [-0.15, -0.1) is 0 Å². The third kappa shape index (κ3) is 5.69. The highest BCUT2D eigenvalue weighted by molar-refractivity contribution is 6.34. The fourth-order valence-corrected chi connectivity index (χ4v) is 3.19. The lowest BCUT2D eigenvalue weighted by Gasteiger charge is -2.21. The van der Waals surface area contributed by atoms with Crippen LogP contribution in [0.25, 0.3) is 0 Å². The van der Waals surface area contributed by atoms with Crippen molar-refractivity contribution in [2.75, 3.05) is 25.2 Å². The minimum absolute atomic E-state index is 0.0595. The predicted molar refractivity (Wildman–Crippen MR) is 107 cm³/mol. The Balaban J connectivity index is 2.00. The van der Waals surface area contributed by atoms with Crippen LogP contribution in [0.15, 0.2) is 18.2 Å². The molecule has 8 nitrogen and oxygen atoms in total. The summed E-state index contributed by atoms with van der Waals surface area (Å²) in [6.07, 6.45) is 1.81. The SMILES string of the molecule is CC[C@@H](C)[C@@H](NC(=O)COC(=O)c1ccc(Cl)c(N2CCCC2=O)c1)C(=O)OC. The lowest BCUT2D eigenvalue weighted by atomic mass is 9.99. The summed E-state index contributed by atoms with van der Waals surface area (Å²) in [7, 11) is 1.24. The summed E-state index contributed by atoms with van der Waals surface area (Å²) in [6, 6.07) is 3.63. The summed E-state index contributed by atoms with van der Waals surface area (Å²) in [4.78, 5) is 49.8. The third-order valence-corrected chi connectivity index (χ3v) is 5.18. The number of halogens is 1. The molecule has 1 aromatic rings. The smallest absolute Gasteiger partial charge is 0.338 e. The topological polar surface area (TPSA) is 102 Å². The van der Waals surface area contributed by atoms with Gasteiger partial charge in [-0.3, -0.25) is 9.59 Å². The molecule has 2 atom stereocenters. The number of ether oxygens (including phenoxy) is 2. The molecule has 29 heavy (non-hydrogen) atoms. The van der Waals surface area contributed by atoms with Gasteiger partial charge in [0, 0.05) is 13.0 Å². The Labute approximate surface area is 174 Å². The van der Waals surface area contributed by atoms with Gasteiger partial charge in [-0.2, -0.15) is 0 Å². The third-order valence-electron chi connectivity index (χ3n) is 4.87. The molecule has 2 rings (SSSR count). The summed E-state index contributed by atoms with van der Waals surface area (Å²) < 4.78 is 9.76. The van der Waals surface area contributed by atoms with Gasteiger partial charge < -0.3 is 19.7 Å². The van der Waals surface area contributed by atoms with E-state index >= 15 is 0 Å². The summed E-state index contributed by atoms with van der Waals surface area (Å²) in [5.74, 6) is -2.10. The molecule has 1 saturated heterocycles. The second-order valence-electron chi connectivity index (χ2n) is 6.85. The molecule has 0 unspecified atom stereocenters. The number of carbonyl (C=O) groups excluding carboxylic acids is 4. The Kier molecular flexibility index (Phi) is 8.01. The van der Waals surface area contributed by atoms with Crippen LogP contribution in [0.4, 0.5) is 5.69 Å². The molecule has 158 valence electrons.